The predicted octanol–water partition coefficient (Wildman–Crippen LogP) is 2.76. The van der Waals surface area contributed by atoms with Crippen molar-refractivity contribution in [1.29, 1.82) is 0 Å². The van der Waals surface area contributed by atoms with Crippen LogP contribution in [-0.4, -0.2) is 35.6 Å². The van der Waals surface area contributed by atoms with Gasteiger partial charge in [0.25, 0.3) is 0 Å². The van der Waals surface area contributed by atoms with E-state index in [0.29, 0.717) is 0 Å². The number of rotatable bonds is 3. The first-order chi connectivity index (χ1) is 11.1. The van der Waals surface area contributed by atoms with Gasteiger partial charge >= 0.3 is 0 Å². The Morgan fingerprint density at radius 2 is 2.00 bits per heavy atom. The molecule has 3 rings (SSSR count). The predicted molar refractivity (Wildman–Crippen MR) is 95.6 cm³/mol. The van der Waals surface area contributed by atoms with Gasteiger partial charge in [-0.3, -0.25) is 4.99 Å². The minimum absolute atomic E-state index is 0.198. The zero-order valence-electron chi connectivity index (χ0n) is 14.3. The maximum absolute atomic E-state index is 4.48. The number of hydrogen-bond acceptors (Lipinski definition) is 1. The number of benzene rings is 1. The average Bonchev–Trinajstić information content (AvgIpc) is 3.16. The third-order valence-corrected chi connectivity index (χ3v) is 4.93. The highest BCUT2D eigenvalue weighted by atomic mass is 15.3. The Hall–Kier alpha value is -2.23. The minimum atomic E-state index is 0.198. The van der Waals surface area contributed by atoms with Crippen LogP contribution in [-0.2, 0) is 19.0 Å². The van der Waals surface area contributed by atoms with Crippen molar-refractivity contribution in [3.8, 4) is 0 Å². The number of guanidine groups is 1. The zero-order chi connectivity index (χ0) is 16.3. The van der Waals surface area contributed by atoms with E-state index in [1.54, 1.807) is 0 Å². The summed E-state index contributed by atoms with van der Waals surface area (Å²) in [6.07, 6.45) is 3.23. The number of nitrogens with one attached hydrogen (secondary N) is 1. The van der Waals surface area contributed by atoms with Crippen LogP contribution in [0.15, 0.2) is 53.7 Å². The van der Waals surface area contributed by atoms with Crippen LogP contribution in [0.1, 0.15) is 24.6 Å². The lowest BCUT2D eigenvalue weighted by Gasteiger charge is -2.27. The van der Waals surface area contributed by atoms with Crippen molar-refractivity contribution in [3.63, 3.8) is 0 Å². The van der Waals surface area contributed by atoms with E-state index < -0.39 is 0 Å². The summed E-state index contributed by atoms with van der Waals surface area (Å²) in [5, 5.41) is 3.50. The van der Waals surface area contributed by atoms with Crippen LogP contribution < -0.4 is 5.32 Å². The Balaban J connectivity index is 1.66. The first-order valence-electron chi connectivity index (χ1n) is 8.24. The highest BCUT2D eigenvalue weighted by molar-refractivity contribution is 5.80. The minimum Gasteiger partial charge on any atom is -0.353 e. The second-order valence-corrected chi connectivity index (χ2v) is 6.61. The lowest BCUT2D eigenvalue weighted by atomic mass is 9.82. The molecule has 2 heterocycles. The highest BCUT2D eigenvalue weighted by Crippen LogP contribution is 2.33. The number of hydrogen-bond donors (Lipinski definition) is 1. The molecule has 0 bridgehead atoms. The Labute approximate surface area is 138 Å². The van der Waals surface area contributed by atoms with E-state index in [1.165, 1.54) is 11.3 Å². The lowest BCUT2D eigenvalue weighted by Crippen LogP contribution is -2.41. The fraction of sp³-hybridized carbons (Fsp3) is 0.421. The van der Waals surface area contributed by atoms with Gasteiger partial charge in [-0.05, 0) is 24.1 Å². The Bertz CT molecular complexity index is 674. The Morgan fingerprint density at radius 3 is 2.65 bits per heavy atom. The average molecular weight is 310 g/mol. The van der Waals surface area contributed by atoms with Crippen LogP contribution in [0.5, 0.6) is 0 Å². The number of aromatic nitrogens is 1. The summed E-state index contributed by atoms with van der Waals surface area (Å²) in [6.45, 7) is 5.20. The van der Waals surface area contributed by atoms with Gasteiger partial charge < -0.3 is 14.8 Å². The van der Waals surface area contributed by atoms with Crippen LogP contribution in [0.2, 0.25) is 0 Å². The third-order valence-electron chi connectivity index (χ3n) is 4.93. The number of aryl methyl sites for hydroxylation is 1. The van der Waals surface area contributed by atoms with Gasteiger partial charge in [0, 0.05) is 44.5 Å². The van der Waals surface area contributed by atoms with Crippen molar-refractivity contribution < 1.29 is 0 Å². The standard InChI is InChI=1S/C19H26N4/c1-19(16-8-5-4-6-9-16)11-13-23(15-19)18(20-2)21-14-17-10-7-12-22(17)3/h4-10,12H,11,13-15H2,1-3H3,(H,20,21). The molecule has 0 aliphatic carbocycles. The van der Waals surface area contributed by atoms with E-state index in [9.17, 15) is 0 Å². The third kappa shape index (κ3) is 3.26. The lowest BCUT2D eigenvalue weighted by molar-refractivity contribution is 0.438. The maximum atomic E-state index is 4.48. The molecule has 1 aliphatic rings. The SMILES string of the molecule is CN=C(NCc1cccn1C)N1CCC(C)(c2ccccc2)C1. The van der Waals surface area contributed by atoms with Crippen LogP contribution in [0.25, 0.3) is 0 Å². The summed E-state index contributed by atoms with van der Waals surface area (Å²) in [6, 6.07) is 15.0. The first-order valence-corrected chi connectivity index (χ1v) is 8.24. The van der Waals surface area contributed by atoms with Crippen molar-refractivity contribution in [2.75, 3.05) is 20.1 Å². The zero-order valence-corrected chi connectivity index (χ0v) is 14.3. The van der Waals surface area contributed by atoms with Crippen molar-refractivity contribution in [3.05, 3.63) is 59.9 Å². The number of likely N-dealkylation sites (tertiary alicyclic amines) is 1. The van der Waals surface area contributed by atoms with Gasteiger partial charge in [0.2, 0.25) is 0 Å². The van der Waals surface area contributed by atoms with Gasteiger partial charge in [0.1, 0.15) is 0 Å². The molecule has 0 radical (unpaired) electrons. The molecule has 1 unspecified atom stereocenters. The van der Waals surface area contributed by atoms with E-state index in [4.69, 9.17) is 0 Å². The van der Waals surface area contributed by atoms with Gasteiger partial charge in [-0.25, -0.2) is 0 Å². The molecule has 1 fully saturated rings. The van der Waals surface area contributed by atoms with Gasteiger partial charge in [0.05, 0.1) is 6.54 Å². The smallest absolute Gasteiger partial charge is 0.193 e. The van der Waals surface area contributed by atoms with E-state index >= 15 is 0 Å². The highest BCUT2D eigenvalue weighted by Gasteiger charge is 2.36. The molecule has 4 nitrogen and oxygen atoms in total. The van der Waals surface area contributed by atoms with E-state index in [0.717, 1.165) is 32.0 Å². The van der Waals surface area contributed by atoms with Gasteiger partial charge in [-0.2, -0.15) is 0 Å². The molecule has 0 spiro atoms. The molecule has 1 N–H and O–H groups in total. The molecule has 1 aromatic heterocycles. The van der Waals surface area contributed by atoms with Crippen molar-refractivity contribution in [2.24, 2.45) is 12.0 Å². The molecule has 122 valence electrons. The van der Waals surface area contributed by atoms with Crippen molar-refractivity contribution in [1.82, 2.24) is 14.8 Å². The van der Waals surface area contributed by atoms with Crippen LogP contribution >= 0.6 is 0 Å². The van der Waals surface area contributed by atoms with Crippen LogP contribution in [0.3, 0.4) is 0 Å². The number of aliphatic imine (C=N–C) groups is 1. The first kappa shape index (κ1) is 15.7. The monoisotopic (exact) mass is 310 g/mol. The molecule has 2 aromatic rings. The van der Waals surface area contributed by atoms with Gasteiger partial charge in [0.15, 0.2) is 5.96 Å². The second-order valence-electron chi connectivity index (χ2n) is 6.61. The van der Waals surface area contributed by atoms with Crippen LogP contribution in [0.4, 0.5) is 0 Å². The summed E-state index contributed by atoms with van der Waals surface area (Å²) >= 11 is 0. The Kier molecular flexibility index (Phi) is 4.42. The molecule has 0 saturated carbocycles. The van der Waals surface area contributed by atoms with E-state index in [2.05, 4.69) is 82.4 Å². The summed E-state index contributed by atoms with van der Waals surface area (Å²) < 4.78 is 2.14. The molecule has 1 aliphatic heterocycles. The molecule has 1 aromatic carbocycles. The molecule has 1 atom stereocenters. The molecular formula is C19H26N4. The quantitative estimate of drug-likeness (QED) is 0.698. The van der Waals surface area contributed by atoms with Crippen molar-refractivity contribution >= 4 is 5.96 Å². The molecule has 1 saturated heterocycles. The van der Waals surface area contributed by atoms with Crippen molar-refractivity contribution in [2.45, 2.75) is 25.3 Å². The fourth-order valence-corrected chi connectivity index (χ4v) is 3.40. The summed E-state index contributed by atoms with van der Waals surface area (Å²) in [7, 11) is 3.94. The van der Waals surface area contributed by atoms with E-state index in [1.807, 2.05) is 7.05 Å². The maximum Gasteiger partial charge on any atom is 0.193 e. The summed E-state index contributed by atoms with van der Waals surface area (Å²) in [5.41, 5.74) is 2.88. The molecule has 0 amide bonds. The van der Waals surface area contributed by atoms with Crippen LogP contribution in [0, 0.1) is 0 Å². The largest absolute Gasteiger partial charge is 0.353 e. The molecule has 23 heavy (non-hydrogen) atoms. The topological polar surface area (TPSA) is 32.6 Å². The Morgan fingerprint density at radius 1 is 1.22 bits per heavy atom. The summed E-state index contributed by atoms with van der Waals surface area (Å²) in [5.74, 6) is 0.992. The molecular weight excluding hydrogens is 284 g/mol. The fourth-order valence-electron chi connectivity index (χ4n) is 3.40. The summed E-state index contributed by atoms with van der Waals surface area (Å²) in [4.78, 5) is 6.85. The van der Waals surface area contributed by atoms with Gasteiger partial charge in [-0.1, -0.05) is 37.3 Å². The van der Waals surface area contributed by atoms with E-state index in [-0.39, 0.29) is 5.41 Å². The number of nitrogens with zero attached hydrogens (tertiary/aromatic N) is 3. The normalized spacial score (nSPS) is 21.7. The molecule has 4 heteroatoms. The van der Waals surface area contributed by atoms with Gasteiger partial charge in [-0.15, -0.1) is 0 Å². The second kappa shape index (κ2) is 6.49.